The first-order chi connectivity index (χ1) is 17.3. The number of carboxylic acid groups (broad SMARTS) is 1. The molecule has 4 rings (SSSR count). The normalized spacial score (nSPS) is 13.9. The first-order valence-electron chi connectivity index (χ1n) is 11.0. The molecule has 0 bridgehead atoms. The third kappa shape index (κ3) is 6.57. The summed E-state index contributed by atoms with van der Waals surface area (Å²) in [6.07, 6.45) is -7.75. The van der Waals surface area contributed by atoms with E-state index >= 15 is 0 Å². The molecule has 1 aromatic heterocycles. The Labute approximate surface area is 234 Å². The van der Waals surface area contributed by atoms with Crippen LogP contribution in [-0.2, 0) is 19.0 Å². The van der Waals surface area contributed by atoms with Gasteiger partial charge in [0.1, 0.15) is 18.2 Å². The molecule has 1 aliphatic rings. The zero-order chi connectivity index (χ0) is 27.0. The van der Waals surface area contributed by atoms with Crippen LogP contribution in [0.1, 0.15) is 57.6 Å². The van der Waals surface area contributed by atoms with Crippen molar-refractivity contribution in [2.75, 3.05) is 0 Å². The summed E-state index contributed by atoms with van der Waals surface area (Å²) in [5.74, 6) is -2.21. The number of halogens is 7. The van der Waals surface area contributed by atoms with Crippen LogP contribution in [0.2, 0.25) is 0 Å². The number of hydrogen-bond donors (Lipinski definition) is 1. The molecule has 196 valence electrons. The number of ether oxygens (including phenoxy) is 1. The zero-order valence-electron chi connectivity index (χ0n) is 18.9. The van der Waals surface area contributed by atoms with Crippen LogP contribution >= 0.6 is 0 Å². The molecular weight excluding hydrogens is 530 g/mol. The fourth-order valence-corrected chi connectivity index (χ4v) is 4.19. The van der Waals surface area contributed by atoms with E-state index in [4.69, 9.17) is 4.74 Å². The van der Waals surface area contributed by atoms with Crippen molar-refractivity contribution in [3.05, 3.63) is 94.1 Å². The molecule has 0 atom stereocenters. The first-order valence-corrected chi connectivity index (χ1v) is 11.0. The van der Waals surface area contributed by atoms with Gasteiger partial charge in [0.2, 0.25) is 0 Å². The Morgan fingerprint density at radius 1 is 0.921 bits per heavy atom. The molecular formula is C26H19F7NNaO3. The maximum absolute atomic E-state index is 13.5. The van der Waals surface area contributed by atoms with Gasteiger partial charge in [0, 0.05) is 11.8 Å². The molecule has 0 spiro atoms. The fourth-order valence-electron chi connectivity index (χ4n) is 4.19. The van der Waals surface area contributed by atoms with E-state index < -0.39 is 41.0 Å². The summed E-state index contributed by atoms with van der Waals surface area (Å²) in [6.45, 7) is -0.0771. The molecule has 0 fully saturated rings. The van der Waals surface area contributed by atoms with Crippen LogP contribution in [0.15, 0.2) is 54.7 Å². The molecule has 0 saturated heterocycles. The Balaban J connectivity index is 0.00000400. The predicted molar refractivity (Wildman–Crippen MR) is 126 cm³/mol. The second kappa shape index (κ2) is 11.5. The van der Waals surface area contributed by atoms with E-state index in [1.54, 1.807) is 0 Å². The standard InChI is InChI=1S/C26H18F7NO3.Na.H/c27-17-7-4-14(5-8-17)13-37-22-9-6-16(25(28,29)30)11-20(22)19-3-1-2-18(19)15-10-21(24(35)36)23(34-12-15)26(31,32)33;;/h4-12H,1-3,13H2,(H,35,36);;. The Morgan fingerprint density at radius 2 is 1.58 bits per heavy atom. The molecule has 0 amide bonds. The number of benzene rings is 2. The molecule has 12 heteroatoms. The van der Waals surface area contributed by atoms with Gasteiger partial charge in [0.25, 0.3) is 0 Å². The third-order valence-corrected chi connectivity index (χ3v) is 5.89. The van der Waals surface area contributed by atoms with Crippen LogP contribution in [0.4, 0.5) is 30.7 Å². The van der Waals surface area contributed by atoms with Crippen molar-refractivity contribution in [1.82, 2.24) is 4.98 Å². The average molecular weight is 549 g/mol. The van der Waals surface area contributed by atoms with Crippen molar-refractivity contribution in [3.8, 4) is 5.75 Å². The monoisotopic (exact) mass is 549 g/mol. The maximum atomic E-state index is 13.5. The third-order valence-electron chi connectivity index (χ3n) is 5.89. The Kier molecular flexibility index (Phi) is 8.95. The van der Waals surface area contributed by atoms with Gasteiger partial charge in [-0.3, -0.25) is 4.98 Å². The summed E-state index contributed by atoms with van der Waals surface area (Å²) >= 11 is 0. The van der Waals surface area contributed by atoms with Gasteiger partial charge in [-0.25, -0.2) is 9.18 Å². The first kappa shape index (κ1) is 29.7. The summed E-state index contributed by atoms with van der Waals surface area (Å²) in [7, 11) is 0. The molecule has 0 aliphatic heterocycles. The molecule has 0 unspecified atom stereocenters. The van der Waals surface area contributed by atoms with E-state index in [9.17, 15) is 40.6 Å². The summed E-state index contributed by atoms with van der Waals surface area (Å²) in [5, 5.41) is 9.32. The quantitative estimate of drug-likeness (QED) is 0.266. The van der Waals surface area contributed by atoms with E-state index in [0.717, 1.165) is 30.5 Å². The molecule has 1 N–H and O–H groups in total. The summed E-state index contributed by atoms with van der Waals surface area (Å²) in [5.41, 5.74) is -2.08. The van der Waals surface area contributed by atoms with Gasteiger partial charge in [-0.1, -0.05) is 12.1 Å². The Morgan fingerprint density at radius 3 is 2.18 bits per heavy atom. The van der Waals surface area contributed by atoms with Gasteiger partial charge in [0.15, 0.2) is 5.69 Å². The van der Waals surface area contributed by atoms with Crippen molar-refractivity contribution >= 4 is 46.7 Å². The minimum absolute atomic E-state index is 0. The molecule has 0 saturated carbocycles. The SMILES string of the molecule is O=C(O)c1cc(C2=C(c3cc(C(F)(F)F)ccc3OCc3ccc(F)cc3)CCC2)cnc1C(F)(F)F.[NaH]. The van der Waals surface area contributed by atoms with E-state index in [0.29, 0.717) is 23.1 Å². The van der Waals surface area contributed by atoms with Gasteiger partial charge in [0.05, 0.1) is 11.1 Å². The Bertz CT molecular complexity index is 1370. The second-order valence-corrected chi connectivity index (χ2v) is 8.36. The number of pyridine rings is 1. The zero-order valence-corrected chi connectivity index (χ0v) is 18.9. The number of aromatic carboxylic acids is 1. The number of nitrogens with zero attached hydrogens (tertiary/aromatic N) is 1. The van der Waals surface area contributed by atoms with Crippen LogP contribution < -0.4 is 4.74 Å². The van der Waals surface area contributed by atoms with Crippen LogP contribution in [0.3, 0.4) is 0 Å². The van der Waals surface area contributed by atoms with Gasteiger partial charge in [-0.2, -0.15) is 26.3 Å². The number of hydrogen-bond acceptors (Lipinski definition) is 3. The van der Waals surface area contributed by atoms with Gasteiger partial charge in [-0.15, -0.1) is 0 Å². The van der Waals surface area contributed by atoms with Crippen LogP contribution in [0, 0.1) is 5.82 Å². The minimum atomic E-state index is -5.00. The molecule has 4 nitrogen and oxygen atoms in total. The molecule has 0 radical (unpaired) electrons. The van der Waals surface area contributed by atoms with Crippen molar-refractivity contribution in [2.24, 2.45) is 0 Å². The summed E-state index contributed by atoms with van der Waals surface area (Å²) in [6, 6.07) is 9.07. The predicted octanol–water partition coefficient (Wildman–Crippen LogP) is 6.98. The van der Waals surface area contributed by atoms with Crippen LogP contribution in [-0.4, -0.2) is 45.6 Å². The number of rotatable bonds is 6. The molecule has 2 aromatic carbocycles. The van der Waals surface area contributed by atoms with Crippen LogP contribution in [0.5, 0.6) is 5.75 Å². The molecule has 3 aromatic rings. The summed E-state index contributed by atoms with van der Waals surface area (Å²) < 4.78 is 99.2. The van der Waals surface area contributed by atoms with Crippen molar-refractivity contribution < 1.29 is 45.4 Å². The van der Waals surface area contributed by atoms with Crippen molar-refractivity contribution in [1.29, 1.82) is 0 Å². The van der Waals surface area contributed by atoms with E-state index in [-0.39, 0.29) is 65.9 Å². The summed E-state index contributed by atoms with van der Waals surface area (Å²) in [4.78, 5) is 14.8. The number of carbonyl (C=O) groups is 1. The van der Waals surface area contributed by atoms with Gasteiger partial charge < -0.3 is 9.84 Å². The fraction of sp³-hybridized carbons (Fsp3) is 0.231. The van der Waals surface area contributed by atoms with Crippen molar-refractivity contribution in [3.63, 3.8) is 0 Å². The van der Waals surface area contributed by atoms with E-state index in [1.165, 1.54) is 24.3 Å². The van der Waals surface area contributed by atoms with E-state index in [1.807, 2.05) is 0 Å². The number of alkyl halides is 6. The van der Waals surface area contributed by atoms with Crippen molar-refractivity contribution in [2.45, 2.75) is 38.2 Å². The van der Waals surface area contributed by atoms with Gasteiger partial charge >= 0.3 is 47.9 Å². The second-order valence-electron chi connectivity index (χ2n) is 8.36. The van der Waals surface area contributed by atoms with E-state index in [2.05, 4.69) is 4.98 Å². The Hall–Kier alpha value is -2.89. The topological polar surface area (TPSA) is 59.4 Å². The van der Waals surface area contributed by atoms with Crippen LogP contribution in [0.25, 0.3) is 11.1 Å². The molecule has 1 heterocycles. The average Bonchev–Trinajstić information content (AvgIpc) is 3.32. The van der Waals surface area contributed by atoms with Gasteiger partial charge in [-0.05, 0) is 77.9 Å². The molecule has 1 aliphatic carbocycles. The number of aromatic nitrogens is 1. The molecule has 38 heavy (non-hydrogen) atoms. The number of carboxylic acids is 1. The number of allylic oxidation sites excluding steroid dienone is 2.